The van der Waals surface area contributed by atoms with Crippen molar-refractivity contribution in [1.82, 2.24) is 9.55 Å². The van der Waals surface area contributed by atoms with Gasteiger partial charge in [0.2, 0.25) is 5.44 Å². The molecule has 0 radical (unpaired) electrons. The number of thioether (sulfide) groups is 1. The maximum absolute atomic E-state index is 13.9. The summed E-state index contributed by atoms with van der Waals surface area (Å²) in [6, 6.07) is 0. The Morgan fingerprint density at radius 3 is 2.93 bits per heavy atom. The van der Waals surface area contributed by atoms with Crippen molar-refractivity contribution in [3.63, 3.8) is 0 Å². The Bertz CT molecular complexity index is 800. The number of nitrogens with zero attached hydrogens (tertiary/aromatic N) is 3. The van der Waals surface area contributed by atoms with Crippen LogP contribution in [0.5, 0.6) is 0 Å². The lowest BCUT2D eigenvalue weighted by atomic mass is 9.75. The lowest BCUT2D eigenvalue weighted by molar-refractivity contribution is -0.166. The second-order valence-electron chi connectivity index (χ2n) is 7.82. The minimum absolute atomic E-state index is 0.126. The molecule has 1 aromatic heterocycles. The Morgan fingerprint density at radius 1 is 1.50 bits per heavy atom. The van der Waals surface area contributed by atoms with E-state index in [1.165, 1.54) is 11.8 Å². The number of hydrogen-bond acceptors (Lipinski definition) is 7. The largest absolute Gasteiger partial charge is 0.459 e. The minimum atomic E-state index is -0.845. The Balaban J connectivity index is 1.66. The van der Waals surface area contributed by atoms with E-state index < -0.39 is 29.1 Å². The van der Waals surface area contributed by atoms with E-state index in [0.717, 1.165) is 30.0 Å². The van der Waals surface area contributed by atoms with Gasteiger partial charge in [-0.1, -0.05) is 27.2 Å². The quantitative estimate of drug-likeness (QED) is 0.546. The molecule has 0 bridgehead atoms. The van der Waals surface area contributed by atoms with Crippen LogP contribution in [0.1, 0.15) is 46.3 Å². The van der Waals surface area contributed by atoms with Crippen molar-refractivity contribution in [3.05, 3.63) is 22.5 Å². The summed E-state index contributed by atoms with van der Waals surface area (Å²) in [5.41, 5.74) is -1.55. The van der Waals surface area contributed by atoms with Crippen LogP contribution in [-0.4, -0.2) is 39.5 Å². The molecule has 9 heteroatoms. The fraction of sp³-hybridized carbons (Fsp3) is 0.684. The van der Waals surface area contributed by atoms with Crippen molar-refractivity contribution in [2.45, 2.75) is 57.8 Å². The smallest absolute Gasteiger partial charge is 0.351 e. The topological polar surface area (TPSA) is 82.8 Å². The molecule has 1 saturated heterocycles. The molecule has 1 saturated carbocycles. The number of ether oxygens (including phenoxy) is 2. The molecule has 0 aromatic carbocycles. The zero-order chi connectivity index (χ0) is 20.4. The summed E-state index contributed by atoms with van der Waals surface area (Å²) in [4.78, 5) is 31.6. The first kappa shape index (κ1) is 21.0. The third-order valence-corrected chi connectivity index (χ3v) is 6.52. The highest BCUT2D eigenvalue weighted by molar-refractivity contribution is 8.00. The molecule has 1 aromatic rings. The molecule has 0 spiro atoms. The van der Waals surface area contributed by atoms with Gasteiger partial charge in [0.1, 0.15) is 12.3 Å². The maximum Gasteiger partial charge on any atom is 0.351 e. The van der Waals surface area contributed by atoms with Crippen LogP contribution in [0.4, 0.5) is 10.2 Å². The zero-order valence-corrected chi connectivity index (χ0v) is 17.2. The second kappa shape index (κ2) is 8.73. The second-order valence-corrected chi connectivity index (χ2v) is 8.91. The van der Waals surface area contributed by atoms with Crippen LogP contribution >= 0.6 is 11.8 Å². The first-order valence-electron chi connectivity index (χ1n) is 9.53. The van der Waals surface area contributed by atoms with Gasteiger partial charge in [0.05, 0.1) is 6.20 Å². The molecule has 2 heterocycles. The molecule has 0 amide bonds. The lowest BCUT2D eigenvalue weighted by Gasteiger charge is -2.37. The predicted molar refractivity (Wildman–Crippen MR) is 105 cm³/mol. The van der Waals surface area contributed by atoms with Crippen molar-refractivity contribution in [1.29, 1.82) is 0 Å². The average molecular weight is 411 g/mol. The van der Waals surface area contributed by atoms with Crippen molar-refractivity contribution in [3.8, 4) is 0 Å². The molecular weight excluding hydrogens is 385 g/mol. The van der Waals surface area contributed by atoms with Crippen LogP contribution in [0, 0.1) is 23.6 Å². The molecule has 1 aliphatic heterocycles. The van der Waals surface area contributed by atoms with Gasteiger partial charge < -0.3 is 9.47 Å². The SMILES string of the molecule is C=Nc1nc(=O)n([C@@H]2CS[C@H](C(=O)O[C@@H]3C[C@H](C)CC[C@H]3C(C)C)O2)cc1F. The van der Waals surface area contributed by atoms with E-state index in [1.54, 1.807) is 0 Å². The zero-order valence-electron chi connectivity index (χ0n) is 16.3. The van der Waals surface area contributed by atoms with Gasteiger partial charge >= 0.3 is 11.7 Å². The molecule has 154 valence electrons. The fourth-order valence-corrected chi connectivity index (χ4v) is 4.85. The van der Waals surface area contributed by atoms with Gasteiger partial charge in [-0.3, -0.25) is 4.57 Å². The van der Waals surface area contributed by atoms with Crippen LogP contribution < -0.4 is 5.69 Å². The van der Waals surface area contributed by atoms with Gasteiger partial charge in [-0.05, 0) is 37.3 Å². The molecule has 1 aliphatic carbocycles. The van der Waals surface area contributed by atoms with E-state index in [1.807, 2.05) is 0 Å². The van der Waals surface area contributed by atoms with Crippen LogP contribution in [0.3, 0.4) is 0 Å². The first-order chi connectivity index (χ1) is 13.3. The Hall–Kier alpha value is -1.74. The van der Waals surface area contributed by atoms with Crippen LogP contribution in [0.2, 0.25) is 0 Å². The van der Waals surface area contributed by atoms with E-state index >= 15 is 0 Å². The van der Waals surface area contributed by atoms with E-state index in [-0.39, 0.29) is 11.9 Å². The summed E-state index contributed by atoms with van der Waals surface area (Å²) in [6.07, 6.45) is 3.10. The predicted octanol–water partition coefficient (Wildman–Crippen LogP) is 3.31. The van der Waals surface area contributed by atoms with E-state index in [9.17, 15) is 14.0 Å². The molecule has 28 heavy (non-hydrogen) atoms. The number of esters is 1. The van der Waals surface area contributed by atoms with Gasteiger partial charge in [0.25, 0.3) is 0 Å². The highest BCUT2D eigenvalue weighted by Gasteiger charge is 2.39. The normalized spacial score (nSPS) is 30.4. The number of carbonyl (C=O) groups excluding carboxylic acids is 1. The summed E-state index contributed by atoms with van der Waals surface area (Å²) in [5, 5.41) is 0. The van der Waals surface area contributed by atoms with E-state index in [4.69, 9.17) is 9.47 Å². The van der Waals surface area contributed by atoms with Gasteiger partial charge in [-0.15, -0.1) is 11.8 Å². The van der Waals surface area contributed by atoms with Crippen molar-refractivity contribution >= 4 is 30.3 Å². The minimum Gasteiger partial charge on any atom is -0.459 e. The highest BCUT2D eigenvalue weighted by Crippen LogP contribution is 2.37. The molecule has 7 nitrogen and oxygen atoms in total. The van der Waals surface area contributed by atoms with Gasteiger partial charge in [-0.2, -0.15) is 4.98 Å². The molecule has 2 fully saturated rings. The third kappa shape index (κ3) is 4.46. The molecule has 3 rings (SSSR count). The van der Waals surface area contributed by atoms with Crippen LogP contribution in [0.15, 0.2) is 16.0 Å². The Labute approximate surface area is 167 Å². The number of carbonyl (C=O) groups is 1. The maximum atomic E-state index is 13.9. The lowest BCUT2D eigenvalue weighted by Crippen LogP contribution is -2.38. The van der Waals surface area contributed by atoms with Crippen LogP contribution in [-0.2, 0) is 14.3 Å². The number of hydrogen-bond donors (Lipinski definition) is 0. The summed E-state index contributed by atoms with van der Waals surface area (Å²) >= 11 is 1.23. The average Bonchev–Trinajstić information content (AvgIpc) is 3.13. The summed E-state index contributed by atoms with van der Waals surface area (Å²) in [6.45, 7) is 9.64. The number of halogens is 1. The fourth-order valence-electron chi connectivity index (χ4n) is 3.87. The van der Waals surface area contributed by atoms with Gasteiger partial charge in [-0.25, -0.2) is 19.0 Å². The number of rotatable bonds is 5. The van der Waals surface area contributed by atoms with Crippen LogP contribution in [0.25, 0.3) is 0 Å². The van der Waals surface area contributed by atoms with Gasteiger partial charge in [0.15, 0.2) is 11.6 Å². The van der Waals surface area contributed by atoms with E-state index in [2.05, 4.69) is 37.5 Å². The molecule has 0 N–H and O–H groups in total. The highest BCUT2D eigenvalue weighted by atomic mass is 32.2. The van der Waals surface area contributed by atoms with Crippen molar-refractivity contribution in [2.24, 2.45) is 22.7 Å². The first-order valence-corrected chi connectivity index (χ1v) is 10.6. The standard InChI is InChI=1S/C19H26FN3O4S/c1-10(2)12-6-5-11(3)7-14(12)26-17(24)18-27-15(9-28-18)23-8-13(20)16(21-4)22-19(23)25/h8,10-12,14-15,18H,4-7,9H2,1-3H3/t11-,12+,14-,15+,18-/m1/s1. The summed E-state index contributed by atoms with van der Waals surface area (Å²) in [5.74, 6) is 0.0303. The van der Waals surface area contributed by atoms with Gasteiger partial charge in [0, 0.05) is 5.75 Å². The molecule has 0 unspecified atom stereocenters. The molecule has 5 atom stereocenters. The number of aromatic nitrogens is 2. The Morgan fingerprint density at radius 2 is 2.25 bits per heavy atom. The van der Waals surface area contributed by atoms with E-state index in [0.29, 0.717) is 23.5 Å². The van der Waals surface area contributed by atoms with Crippen molar-refractivity contribution < 1.29 is 18.7 Å². The molecular formula is C19H26FN3O4S. The number of aliphatic imine (C=N–C) groups is 1. The summed E-state index contributed by atoms with van der Waals surface area (Å²) < 4.78 is 26.4. The Kier molecular flexibility index (Phi) is 6.54. The monoisotopic (exact) mass is 411 g/mol. The van der Waals surface area contributed by atoms with Crippen molar-refractivity contribution in [2.75, 3.05) is 5.75 Å². The summed E-state index contributed by atoms with van der Waals surface area (Å²) in [7, 11) is 0. The third-order valence-electron chi connectivity index (χ3n) is 5.44. The molecule has 2 aliphatic rings.